The summed E-state index contributed by atoms with van der Waals surface area (Å²) in [4.78, 5) is 4.80. The second-order valence-corrected chi connectivity index (χ2v) is 15.2. The summed E-state index contributed by atoms with van der Waals surface area (Å²) in [5.74, 6) is 0. The summed E-state index contributed by atoms with van der Waals surface area (Å²) in [5.41, 5.74) is 0. The van der Waals surface area contributed by atoms with Gasteiger partial charge in [-0.3, -0.25) is 0 Å². The molecule has 0 aliphatic heterocycles. The molecule has 0 N–H and O–H groups in total. The van der Waals surface area contributed by atoms with Crippen molar-refractivity contribution in [3.8, 4) is 0 Å². The molecule has 0 saturated heterocycles. The standard InChI is InChI=1S/2C4H4N.2CH3.Sn/c2*1-2-4-5-3-1;;;/h2*1-4H;2*1H3;/q2*-1;;;+2. The summed E-state index contributed by atoms with van der Waals surface area (Å²) in [5, 5.41) is 0. The van der Waals surface area contributed by atoms with Crippen LogP contribution in [0.15, 0.2) is 49.1 Å². The topological polar surface area (TPSA) is 9.86 Å². The first kappa shape index (κ1) is 8.94. The number of rotatable bonds is 2. The Morgan fingerprint density at radius 2 is 1.00 bits per heavy atom. The molecule has 2 aromatic heterocycles. The van der Waals surface area contributed by atoms with E-state index in [9.17, 15) is 0 Å². The average Bonchev–Trinajstić information content (AvgIpc) is 2.78. The van der Waals surface area contributed by atoms with Crippen LogP contribution in [0.2, 0.25) is 9.88 Å². The number of hydrogen-bond acceptors (Lipinski definition) is 0. The Hall–Kier alpha value is -0.641. The molecule has 2 heterocycles. The van der Waals surface area contributed by atoms with Gasteiger partial charge in [0.15, 0.2) is 0 Å². The van der Waals surface area contributed by atoms with Crippen molar-refractivity contribution in [1.29, 1.82) is 0 Å². The fourth-order valence-corrected chi connectivity index (χ4v) is 7.44. The van der Waals surface area contributed by atoms with Crippen molar-refractivity contribution in [2.45, 2.75) is 9.88 Å². The molecule has 0 aliphatic carbocycles. The molecule has 0 unspecified atom stereocenters. The van der Waals surface area contributed by atoms with E-state index < -0.39 is 18.9 Å². The zero-order valence-corrected chi connectivity index (χ0v) is 10.9. The molecule has 2 aromatic rings. The zero-order chi connectivity index (χ0) is 9.31. The third-order valence-electron chi connectivity index (χ3n) is 2.47. The summed E-state index contributed by atoms with van der Waals surface area (Å²) in [6, 6.07) is 8.40. The third kappa shape index (κ3) is 1.55. The van der Waals surface area contributed by atoms with Crippen LogP contribution in [0.25, 0.3) is 0 Å². The van der Waals surface area contributed by atoms with Crippen LogP contribution in [0.3, 0.4) is 0 Å². The van der Waals surface area contributed by atoms with Crippen LogP contribution >= 0.6 is 0 Å². The van der Waals surface area contributed by atoms with Gasteiger partial charge in [0.2, 0.25) is 0 Å². The summed E-state index contributed by atoms with van der Waals surface area (Å²) < 4.78 is 4.80. The Labute approximate surface area is 83.4 Å². The van der Waals surface area contributed by atoms with Gasteiger partial charge < -0.3 is 0 Å². The van der Waals surface area contributed by atoms with Gasteiger partial charge in [0, 0.05) is 0 Å². The summed E-state index contributed by atoms with van der Waals surface area (Å²) >= 11 is -2.28. The van der Waals surface area contributed by atoms with Crippen molar-refractivity contribution in [2.24, 2.45) is 0 Å². The van der Waals surface area contributed by atoms with E-state index in [0.29, 0.717) is 0 Å². The van der Waals surface area contributed by atoms with Gasteiger partial charge >= 0.3 is 83.4 Å². The van der Waals surface area contributed by atoms with E-state index in [0.717, 1.165) is 0 Å². The van der Waals surface area contributed by atoms with Crippen molar-refractivity contribution in [1.82, 2.24) is 5.58 Å². The zero-order valence-electron chi connectivity index (χ0n) is 8.01. The van der Waals surface area contributed by atoms with Crippen LogP contribution < -0.4 is 0 Å². The van der Waals surface area contributed by atoms with Crippen LogP contribution in [0.1, 0.15) is 0 Å². The maximum atomic E-state index is 2.40. The molecule has 68 valence electrons. The molecule has 0 amide bonds. The van der Waals surface area contributed by atoms with E-state index in [2.05, 4.69) is 64.5 Å². The van der Waals surface area contributed by atoms with Crippen molar-refractivity contribution in [2.75, 3.05) is 0 Å². The molecule has 0 spiro atoms. The van der Waals surface area contributed by atoms with Crippen LogP contribution in [0.4, 0.5) is 0 Å². The van der Waals surface area contributed by atoms with Crippen molar-refractivity contribution in [3.05, 3.63) is 49.1 Å². The van der Waals surface area contributed by atoms with E-state index in [1.807, 2.05) is 0 Å². The molecule has 2 nitrogen and oxygen atoms in total. The monoisotopic (exact) mass is 282 g/mol. The minimum atomic E-state index is -2.28. The van der Waals surface area contributed by atoms with E-state index in [1.54, 1.807) is 0 Å². The van der Waals surface area contributed by atoms with Crippen LogP contribution in [-0.2, 0) is 0 Å². The van der Waals surface area contributed by atoms with Gasteiger partial charge in [-0.05, 0) is 0 Å². The number of aromatic nitrogens is 2. The van der Waals surface area contributed by atoms with Crippen LogP contribution in [0.5, 0.6) is 0 Å². The fraction of sp³-hybridized carbons (Fsp3) is 0.200. The Bertz CT molecular complexity index is 323. The quantitative estimate of drug-likeness (QED) is 0.748. The Morgan fingerprint density at radius 3 is 1.31 bits per heavy atom. The summed E-state index contributed by atoms with van der Waals surface area (Å²) in [6.45, 7) is 0. The van der Waals surface area contributed by atoms with E-state index in [-0.39, 0.29) is 0 Å². The van der Waals surface area contributed by atoms with E-state index in [4.69, 9.17) is 0 Å². The molecule has 0 atom stereocenters. The SMILES string of the molecule is [CH3][Sn]([CH3])([n]1cccc1)[n]1cccc1. The Morgan fingerprint density at radius 1 is 0.692 bits per heavy atom. The van der Waals surface area contributed by atoms with Gasteiger partial charge in [0.05, 0.1) is 0 Å². The molecule has 0 aromatic carbocycles. The second-order valence-electron chi connectivity index (χ2n) is 3.68. The van der Waals surface area contributed by atoms with E-state index in [1.165, 1.54) is 0 Å². The van der Waals surface area contributed by atoms with E-state index >= 15 is 0 Å². The van der Waals surface area contributed by atoms with Crippen molar-refractivity contribution in [3.63, 3.8) is 0 Å². The van der Waals surface area contributed by atoms with Gasteiger partial charge in [-0.1, -0.05) is 0 Å². The predicted octanol–water partition coefficient (Wildman–Crippen LogP) is 2.39. The number of nitrogens with zero attached hydrogens (tertiary/aromatic N) is 2. The van der Waals surface area contributed by atoms with Crippen LogP contribution in [0, 0.1) is 0 Å². The molecule has 0 bridgehead atoms. The first-order chi connectivity index (χ1) is 6.21. The molecular weight excluding hydrogens is 267 g/mol. The summed E-state index contributed by atoms with van der Waals surface area (Å²) in [6.07, 6.45) is 8.71. The normalized spacial score (nSPS) is 11.8. The third-order valence-corrected chi connectivity index (χ3v) is 11.4. The van der Waals surface area contributed by atoms with Gasteiger partial charge in [-0.2, -0.15) is 0 Å². The molecule has 2 rings (SSSR count). The Balaban J connectivity index is 2.42. The molecule has 3 heteroatoms. The molecule has 0 aliphatic rings. The molecular formula is C10H14N2Sn. The predicted molar refractivity (Wildman–Crippen MR) is 57.1 cm³/mol. The Kier molecular flexibility index (Phi) is 2.24. The van der Waals surface area contributed by atoms with Crippen molar-refractivity contribution >= 4 is 18.9 Å². The maximum absolute atomic E-state index is 2.40. The fourth-order valence-electron chi connectivity index (χ4n) is 1.53. The average molecular weight is 281 g/mol. The van der Waals surface area contributed by atoms with Gasteiger partial charge in [-0.25, -0.2) is 0 Å². The first-order valence-corrected chi connectivity index (χ1v) is 12.7. The number of hydrogen-bond donors (Lipinski definition) is 0. The molecule has 0 radical (unpaired) electrons. The second kappa shape index (κ2) is 3.25. The van der Waals surface area contributed by atoms with Crippen LogP contribution in [-0.4, -0.2) is 24.5 Å². The minimum absolute atomic E-state index is 2.10. The molecule has 0 fully saturated rings. The summed E-state index contributed by atoms with van der Waals surface area (Å²) in [7, 11) is 0. The van der Waals surface area contributed by atoms with Crippen molar-refractivity contribution < 1.29 is 0 Å². The van der Waals surface area contributed by atoms with Gasteiger partial charge in [0.25, 0.3) is 0 Å². The molecule has 0 saturated carbocycles. The van der Waals surface area contributed by atoms with Gasteiger partial charge in [-0.15, -0.1) is 0 Å². The van der Waals surface area contributed by atoms with Gasteiger partial charge in [0.1, 0.15) is 0 Å². The first-order valence-electron chi connectivity index (χ1n) is 4.48. The molecule has 13 heavy (non-hydrogen) atoms.